The second-order valence-corrected chi connectivity index (χ2v) is 7.04. The van der Waals surface area contributed by atoms with Crippen molar-refractivity contribution in [1.29, 1.82) is 0 Å². The minimum absolute atomic E-state index is 0.0234. The largest absolute Gasteiger partial charge is 0.340 e. The molecule has 1 amide bonds. The van der Waals surface area contributed by atoms with Gasteiger partial charge in [0.05, 0.1) is 12.0 Å². The van der Waals surface area contributed by atoms with Crippen LogP contribution in [0, 0.1) is 5.92 Å². The molecule has 130 valence electrons. The van der Waals surface area contributed by atoms with Crippen LogP contribution < -0.4 is 4.90 Å². The fourth-order valence-corrected chi connectivity index (χ4v) is 4.19. The Kier molecular flexibility index (Phi) is 4.38. The Bertz CT molecular complexity index is 748. The van der Waals surface area contributed by atoms with E-state index in [-0.39, 0.29) is 17.9 Å². The van der Waals surface area contributed by atoms with Crippen LogP contribution in [0.15, 0.2) is 42.7 Å². The molecule has 2 aromatic rings. The molecule has 5 heteroatoms. The van der Waals surface area contributed by atoms with Crippen molar-refractivity contribution in [2.75, 3.05) is 25.0 Å². The number of fused-ring (bicyclic) bond motifs is 1. The first-order valence-corrected chi connectivity index (χ1v) is 9.10. The summed E-state index contributed by atoms with van der Waals surface area (Å²) < 4.78 is 0. The Hall–Kier alpha value is -2.43. The standard InChI is InChI=1S/C20H24N4O/c1-23(18-10-9-15-6-2-3-8-17(15)18)19(25)16-7-4-13-24(14-16)20-21-11-5-12-22-20/h2-3,5-6,8,11-12,16,18H,4,7,9-10,13-14H2,1H3. The van der Waals surface area contributed by atoms with E-state index in [0.717, 1.165) is 38.2 Å². The Balaban J connectivity index is 1.47. The molecule has 5 nitrogen and oxygen atoms in total. The van der Waals surface area contributed by atoms with Crippen LogP contribution in [-0.4, -0.2) is 40.9 Å². The Morgan fingerprint density at radius 2 is 1.96 bits per heavy atom. The summed E-state index contributed by atoms with van der Waals surface area (Å²) in [5.74, 6) is 1.01. The maximum atomic E-state index is 13.1. The predicted octanol–water partition coefficient (Wildman–Crippen LogP) is 2.84. The van der Waals surface area contributed by atoms with E-state index in [1.807, 2.05) is 18.0 Å². The third-order valence-electron chi connectivity index (χ3n) is 5.52. The number of aryl methyl sites for hydroxylation is 1. The summed E-state index contributed by atoms with van der Waals surface area (Å²) >= 11 is 0. The van der Waals surface area contributed by atoms with Gasteiger partial charge in [-0.2, -0.15) is 0 Å². The number of amides is 1. The van der Waals surface area contributed by atoms with Crippen LogP contribution in [0.4, 0.5) is 5.95 Å². The maximum Gasteiger partial charge on any atom is 0.227 e. The molecular weight excluding hydrogens is 312 g/mol. The van der Waals surface area contributed by atoms with E-state index in [0.29, 0.717) is 6.54 Å². The minimum atomic E-state index is 0.0234. The lowest BCUT2D eigenvalue weighted by Crippen LogP contribution is -2.45. The highest BCUT2D eigenvalue weighted by Crippen LogP contribution is 2.36. The predicted molar refractivity (Wildman–Crippen MR) is 97.2 cm³/mol. The lowest BCUT2D eigenvalue weighted by atomic mass is 9.95. The molecule has 0 N–H and O–H groups in total. The topological polar surface area (TPSA) is 49.3 Å². The number of benzene rings is 1. The molecule has 1 aliphatic carbocycles. The van der Waals surface area contributed by atoms with Gasteiger partial charge in [0.15, 0.2) is 0 Å². The number of rotatable bonds is 3. The van der Waals surface area contributed by atoms with E-state index in [1.165, 1.54) is 11.1 Å². The number of anilines is 1. The highest BCUT2D eigenvalue weighted by molar-refractivity contribution is 5.80. The molecule has 1 saturated heterocycles. The number of hydrogen-bond acceptors (Lipinski definition) is 4. The summed E-state index contributed by atoms with van der Waals surface area (Å²) in [7, 11) is 1.97. The second kappa shape index (κ2) is 6.82. The summed E-state index contributed by atoms with van der Waals surface area (Å²) in [5.41, 5.74) is 2.70. The molecule has 0 spiro atoms. The molecule has 0 radical (unpaired) electrons. The third-order valence-corrected chi connectivity index (χ3v) is 5.52. The van der Waals surface area contributed by atoms with Crippen LogP contribution in [0.2, 0.25) is 0 Å². The number of piperidine rings is 1. The highest BCUT2D eigenvalue weighted by atomic mass is 16.2. The van der Waals surface area contributed by atoms with Crippen molar-refractivity contribution in [3.8, 4) is 0 Å². The van der Waals surface area contributed by atoms with Gasteiger partial charge in [-0.05, 0) is 42.9 Å². The lowest BCUT2D eigenvalue weighted by Gasteiger charge is -2.35. The smallest absolute Gasteiger partial charge is 0.227 e. The van der Waals surface area contributed by atoms with Gasteiger partial charge in [0, 0.05) is 32.5 Å². The van der Waals surface area contributed by atoms with Crippen LogP contribution in [0.3, 0.4) is 0 Å². The number of carbonyl (C=O) groups is 1. The zero-order valence-corrected chi connectivity index (χ0v) is 14.6. The van der Waals surface area contributed by atoms with Crippen molar-refractivity contribution >= 4 is 11.9 Å². The normalized spacial score (nSPS) is 22.5. The van der Waals surface area contributed by atoms with Gasteiger partial charge in [-0.3, -0.25) is 4.79 Å². The molecular formula is C20H24N4O. The first-order chi connectivity index (χ1) is 12.2. The van der Waals surface area contributed by atoms with Crippen molar-refractivity contribution in [2.24, 2.45) is 5.92 Å². The van der Waals surface area contributed by atoms with Crippen molar-refractivity contribution < 1.29 is 4.79 Å². The minimum Gasteiger partial charge on any atom is -0.340 e. The van der Waals surface area contributed by atoms with E-state index in [1.54, 1.807) is 12.4 Å². The molecule has 0 saturated carbocycles. The van der Waals surface area contributed by atoms with Gasteiger partial charge in [0.1, 0.15) is 0 Å². The Morgan fingerprint density at radius 3 is 2.80 bits per heavy atom. The van der Waals surface area contributed by atoms with E-state index in [4.69, 9.17) is 0 Å². The van der Waals surface area contributed by atoms with Crippen LogP contribution in [0.5, 0.6) is 0 Å². The average molecular weight is 336 g/mol. The molecule has 25 heavy (non-hydrogen) atoms. The van der Waals surface area contributed by atoms with Crippen LogP contribution >= 0.6 is 0 Å². The summed E-state index contributed by atoms with van der Waals surface area (Å²) in [6.07, 6.45) is 7.56. The molecule has 1 aromatic heterocycles. The van der Waals surface area contributed by atoms with E-state index >= 15 is 0 Å². The van der Waals surface area contributed by atoms with Crippen molar-refractivity contribution in [3.63, 3.8) is 0 Å². The van der Waals surface area contributed by atoms with E-state index in [2.05, 4.69) is 39.1 Å². The molecule has 2 heterocycles. The third kappa shape index (κ3) is 3.11. The Labute approximate surface area is 148 Å². The fourth-order valence-electron chi connectivity index (χ4n) is 4.19. The zero-order valence-electron chi connectivity index (χ0n) is 14.6. The first-order valence-electron chi connectivity index (χ1n) is 9.10. The quantitative estimate of drug-likeness (QED) is 0.865. The number of hydrogen-bond donors (Lipinski definition) is 0. The van der Waals surface area contributed by atoms with E-state index < -0.39 is 0 Å². The summed E-state index contributed by atoms with van der Waals surface area (Å²) in [5, 5.41) is 0. The van der Waals surface area contributed by atoms with Crippen LogP contribution in [0.25, 0.3) is 0 Å². The fraction of sp³-hybridized carbons (Fsp3) is 0.450. The van der Waals surface area contributed by atoms with Crippen molar-refractivity contribution in [3.05, 3.63) is 53.9 Å². The van der Waals surface area contributed by atoms with Crippen molar-refractivity contribution in [2.45, 2.75) is 31.7 Å². The SMILES string of the molecule is CN(C(=O)C1CCCN(c2ncccn2)C1)C1CCc2ccccc21. The molecule has 1 fully saturated rings. The molecule has 4 rings (SSSR count). The molecule has 1 aliphatic heterocycles. The zero-order chi connectivity index (χ0) is 17.2. The van der Waals surface area contributed by atoms with Crippen LogP contribution in [0.1, 0.15) is 36.4 Å². The van der Waals surface area contributed by atoms with Crippen molar-refractivity contribution in [1.82, 2.24) is 14.9 Å². The van der Waals surface area contributed by atoms with Gasteiger partial charge >= 0.3 is 0 Å². The average Bonchev–Trinajstić information content (AvgIpc) is 3.12. The summed E-state index contributed by atoms with van der Waals surface area (Å²) in [4.78, 5) is 25.9. The molecule has 2 aliphatic rings. The second-order valence-electron chi connectivity index (χ2n) is 7.04. The van der Waals surface area contributed by atoms with Gasteiger partial charge in [0.2, 0.25) is 11.9 Å². The monoisotopic (exact) mass is 336 g/mol. The number of carbonyl (C=O) groups excluding carboxylic acids is 1. The highest BCUT2D eigenvalue weighted by Gasteiger charge is 2.34. The van der Waals surface area contributed by atoms with Crippen LogP contribution in [-0.2, 0) is 11.2 Å². The van der Waals surface area contributed by atoms with Gasteiger partial charge in [-0.25, -0.2) is 9.97 Å². The number of aromatic nitrogens is 2. The van der Waals surface area contributed by atoms with Gasteiger partial charge in [0.25, 0.3) is 0 Å². The molecule has 1 aromatic carbocycles. The van der Waals surface area contributed by atoms with Gasteiger partial charge < -0.3 is 9.80 Å². The van der Waals surface area contributed by atoms with E-state index in [9.17, 15) is 4.79 Å². The molecule has 2 atom stereocenters. The molecule has 2 unspecified atom stereocenters. The summed E-state index contributed by atoms with van der Waals surface area (Å²) in [6.45, 7) is 1.63. The van der Waals surface area contributed by atoms with Gasteiger partial charge in [-0.15, -0.1) is 0 Å². The summed E-state index contributed by atoms with van der Waals surface area (Å²) in [6, 6.07) is 10.5. The molecule has 0 bridgehead atoms. The van der Waals surface area contributed by atoms with Gasteiger partial charge in [-0.1, -0.05) is 24.3 Å². The lowest BCUT2D eigenvalue weighted by molar-refractivity contribution is -0.136. The Morgan fingerprint density at radius 1 is 1.16 bits per heavy atom. The maximum absolute atomic E-state index is 13.1. The number of nitrogens with zero attached hydrogens (tertiary/aromatic N) is 4. The first kappa shape index (κ1) is 16.1.